The molecule has 1 aromatic heterocycles. The Hall–Kier alpha value is -2.54. The van der Waals surface area contributed by atoms with Crippen molar-refractivity contribution in [2.24, 2.45) is 0 Å². The first kappa shape index (κ1) is 16.9. The molecule has 2 aliphatic rings. The molecule has 2 fully saturated rings. The van der Waals surface area contributed by atoms with Gasteiger partial charge in [0.1, 0.15) is 17.7 Å². The fraction of sp³-hybridized carbons (Fsp3) is 0.421. The number of nitrogens with zero attached hydrogens (tertiary/aromatic N) is 3. The van der Waals surface area contributed by atoms with Crippen LogP contribution in [0.25, 0.3) is 0 Å². The number of carbonyl (C=O) groups excluding carboxylic acids is 1. The summed E-state index contributed by atoms with van der Waals surface area (Å²) in [6.45, 7) is 1.64. The Morgan fingerprint density at radius 1 is 1.27 bits per heavy atom. The molecule has 0 unspecified atom stereocenters. The molecule has 2 saturated heterocycles. The number of amides is 1. The summed E-state index contributed by atoms with van der Waals surface area (Å²) in [4.78, 5) is 22.5. The van der Waals surface area contributed by atoms with Crippen LogP contribution in [0.5, 0.6) is 5.75 Å². The molecule has 2 atom stereocenters. The summed E-state index contributed by atoms with van der Waals surface area (Å²) < 4.78 is 25.0. The number of hydrogen-bond donors (Lipinski definition) is 0. The summed E-state index contributed by atoms with van der Waals surface area (Å²) in [5, 5.41) is 0. The van der Waals surface area contributed by atoms with Crippen LogP contribution < -0.4 is 4.74 Å². The van der Waals surface area contributed by atoms with Gasteiger partial charge in [-0.3, -0.25) is 4.79 Å². The summed E-state index contributed by atoms with van der Waals surface area (Å²) in [5.41, 5.74) is -0.395. The number of carbonyl (C=O) groups is 1. The Morgan fingerprint density at radius 3 is 2.81 bits per heavy atom. The summed E-state index contributed by atoms with van der Waals surface area (Å²) in [7, 11) is 0. The van der Waals surface area contributed by atoms with Gasteiger partial charge >= 0.3 is 0 Å². The van der Waals surface area contributed by atoms with E-state index < -0.39 is 5.60 Å². The predicted octanol–water partition coefficient (Wildman–Crippen LogP) is 2.46. The molecule has 0 aliphatic carbocycles. The minimum Gasteiger partial charge on any atom is -0.488 e. The fourth-order valence-electron chi connectivity index (χ4n) is 3.69. The zero-order valence-corrected chi connectivity index (χ0v) is 14.3. The number of halogens is 1. The second-order valence-electron chi connectivity index (χ2n) is 6.79. The third-order valence-corrected chi connectivity index (χ3v) is 4.88. The molecule has 1 spiro atoms. The lowest BCUT2D eigenvalue weighted by Gasteiger charge is -2.39. The van der Waals surface area contributed by atoms with Crippen LogP contribution in [-0.4, -0.2) is 52.2 Å². The molecule has 7 heteroatoms. The monoisotopic (exact) mass is 357 g/mol. The van der Waals surface area contributed by atoms with Crippen molar-refractivity contribution in [2.45, 2.75) is 31.0 Å². The molecule has 0 radical (unpaired) electrons. The zero-order chi connectivity index (χ0) is 18.0. The van der Waals surface area contributed by atoms with Gasteiger partial charge in [-0.1, -0.05) is 0 Å². The van der Waals surface area contributed by atoms with E-state index in [0.717, 1.165) is 12.8 Å². The van der Waals surface area contributed by atoms with E-state index in [2.05, 4.69) is 9.97 Å². The quantitative estimate of drug-likeness (QED) is 0.844. The van der Waals surface area contributed by atoms with Crippen LogP contribution >= 0.6 is 0 Å². The number of piperidine rings is 1. The van der Waals surface area contributed by atoms with E-state index in [1.807, 2.05) is 0 Å². The molecule has 1 aromatic carbocycles. The van der Waals surface area contributed by atoms with Crippen LogP contribution in [0, 0.1) is 5.82 Å². The normalized spacial score (nSPS) is 25.4. The molecule has 6 nitrogen and oxygen atoms in total. The van der Waals surface area contributed by atoms with Gasteiger partial charge in [0.2, 0.25) is 5.82 Å². The molecule has 1 amide bonds. The van der Waals surface area contributed by atoms with Crippen molar-refractivity contribution >= 4 is 5.91 Å². The molecule has 0 N–H and O–H groups in total. The summed E-state index contributed by atoms with van der Waals surface area (Å²) in [6, 6.07) is 7.67. The largest absolute Gasteiger partial charge is 0.488 e. The lowest BCUT2D eigenvalue weighted by molar-refractivity contribution is -0.0455. The Morgan fingerprint density at radius 2 is 2.04 bits per heavy atom. The van der Waals surface area contributed by atoms with E-state index in [1.165, 1.54) is 12.1 Å². The average molecular weight is 357 g/mol. The number of rotatable bonds is 3. The maximum Gasteiger partial charge on any atom is 0.291 e. The van der Waals surface area contributed by atoms with Crippen LogP contribution in [0.2, 0.25) is 0 Å². The van der Waals surface area contributed by atoms with Gasteiger partial charge in [0.05, 0.1) is 18.8 Å². The second kappa shape index (κ2) is 6.99. The third kappa shape index (κ3) is 3.53. The first-order valence-electron chi connectivity index (χ1n) is 8.76. The summed E-state index contributed by atoms with van der Waals surface area (Å²) in [5.74, 6) is 0.373. The molecule has 0 bridgehead atoms. The Kier molecular flexibility index (Phi) is 4.55. The van der Waals surface area contributed by atoms with Crippen LogP contribution in [-0.2, 0) is 4.74 Å². The lowest BCUT2D eigenvalue weighted by Crippen LogP contribution is -2.50. The fourth-order valence-corrected chi connectivity index (χ4v) is 3.69. The van der Waals surface area contributed by atoms with E-state index in [1.54, 1.807) is 35.5 Å². The van der Waals surface area contributed by atoms with Gasteiger partial charge < -0.3 is 14.4 Å². The molecule has 2 aromatic rings. The zero-order valence-electron chi connectivity index (χ0n) is 14.3. The molecule has 0 saturated carbocycles. The SMILES string of the molecule is O=C(c1ncccn1)N1CCC[C@]2(C[C@@H](Oc3ccc(F)cc3)CO2)C1. The second-order valence-corrected chi connectivity index (χ2v) is 6.79. The number of hydrogen-bond acceptors (Lipinski definition) is 5. The van der Waals surface area contributed by atoms with Crippen LogP contribution in [0.4, 0.5) is 4.39 Å². The van der Waals surface area contributed by atoms with Gasteiger partial charge in [-0.2, -0.15) is 0 Å². The first-order valence-corrected chi connectivity index (χ1v) is 8.76. The number of aromatic nitrogens is 2. The molecule has 4 rings (SSSR count). The molecular weight excluding hydrogens is 337 g/mol. The van der Waals surface area contributed by atoms with Gasteiger partial charge in [0.25, 0.3) is 5.91 Å². The molecule has 3 heterocycles. The standard InChI is InChI=1S/C19H20FN3O3/c20-14-3-5-15(6-4-14)26-16-11-19(25-12-16)7-1-10-23(13-19)18(24)17-21-8-2-9-22-17/h2-6,8-9,16H,1,7,10-13H2/t16-,19+/m1/s1. The van der Waals surface area contributed by atoms with E-state index in [0.29, 0.717) is 31.9 Å². The highest BCUT2D eigenvalue weighted by atomic mass is 19.1. The highest BCUT2D eigenvalue weighted by molar-refractivity contribution is 5.90. The Balaban J connectivity index is 1.41. The van der Waals surface area contributed by atoms with Gasteiger partial charge in [0, 0.05) is 25.4 Å². The predicted molar refractivity (Wildman–Crippen MR) is 91.3 cm³/mol. The highest BCUT2D eigenvalue weighted by Gasteiger charge is 2.45. The van der Waals surface area contributed by atoms with E-state index >= 15 is 0 Å². The smallest absolute Gasteiger partial charge is 0.291 e. The van der Waals surface area contributed by atoms with Gasteiger partial charge in [-0.05, 0) is 43.2 Å². The number of likely N-dealkylation sites (tertiary alicyclic amines) is 1. The van der Waals surface area contributed by atoms with Gasteiger partial charge in [-0.25, -0.2) is 14.4 Å². The van der Waals surface area contributed by atoms with Gasteiger partial charge in [-0.15, -0.1) is 0 Å². The van der Waals surface area contributed by atoms with Crippen molar-refractivity contribution in [1.82, 2.24) is 14.9 Å². The van der Waals surface area contributed by atoms with E-state index in [4.69, 9.17) is 9.47 Å². The van der Waals surface area contributed by atoms with E-state index in [-0.39, 0.29) is 23.7 Å². The molecule has 26 heavy (non-hydrogen) atoms. The maximum absolute atomic E-state index is 13.0. The minimum absolute atomic E-state index is 0.108. The summed E-state index contributed by atoms with van der Waals surface area (Å²) >= 11 is 0. The van der Waals surface area contributed by atoms with Crippen LogP contribution in [0.15, 0.2) is 42.7 Å². The lowest BCUT2D eigenvalue weighted by atomic mass is 9.89. The molecule has 136 valence electrons. The minimum atomic E-state index is -0.395. The van der Waals surface area contributed by atoms with E-state index in [9.17, 15) is 9.18 Å². The molecular formula is C19H20FN3O3. The summed E-state index contributed by atoms with van der Waals surface area (Å²) in [6.07, 6.45) is 5.47. The van der Waals surface area contributed by atoms with Crippen molar-refractivity contribution in [3.8, 4) is 5.75 Å². The molecule has 2 aliphatic heterocycles. The Bertz CT molecular complexity index is 771. The number of ether oxygens (including phenoxy) is 2. The maximum atomic E-state index is 13.0. The topological polar surface area (TPSA) is 64.6 Å². The van der Waals surface area contributed by atoms with Crippen molar-refractivity contribution in [3.63, 3.8) is 0 Å². The number of benzene rings is 1. The van der Waals surface area contributed by atoms with Crippen molar-refractivity contribution in [2.75, 3.05) is 19.7 Å². The highest BCUT2D eigenvalue weighted by Crippen LogP contribution is 2.36. The van der Waals surface area contributed by atoms with Crippen LogP contribution in [0.1, 0.15) is 29.9 Å². The van der Waals surface area contributed by atoms with Crippen molar-refractivity contribution in [3.05, 3.63) is 54.4 Å². The van der Waals surface area contributed by atoms with Gasteiger partial charge in [0.15, 0.2) is 0 Å². The average Bonchev–Trinajstić information content (AvgIpc) is 3.05. The first-order chi connectivity index (χ1) is 12.6. The van der Waals surface area contributed by atoms with Crippen molar-refractivity contribution in [1.29, 1.82) is 0 Å². The Labute approximate surface area is 151 Å². The third-order valence-electron chi connectivity index (χ3n) is 4.88. The van der Waals surface area contributed by atoms with Crippen molar-refractivity contribution < 1.29 is 18.7 Å². The van der Waals surface area contributed by atoms with Crippen LogP contribution in [0.3, 0.4) is 0 Å².